The molecular formula is C40H42N10O3. The summed E-state index contributed by atoms with van der Waals surface area (Å²) in [5.74, 6) is 1.00. The van der Waals surface area contributed by atoms with Crippen molar-refractivity contribution in [2.75, 3.05) is 79.4 Å². The minimum absolute atomic E-state index is 0.216. The van der Waals surface area contributed by atoms with Gasteiger partial charge in [-0.3, -0.25) is 24.8 Å². The third-order valence-electron chi connectivity index (χ3n) is 10.8. The van der Waals surface area contributed by atoms with E-state index in [-0.39, 0.29) is 11.9 Å². The van der Waals surface area contributed by atoms with Gasteiger partial charge in [0.2, 0.25) is 17.7 Å². The van der Waals surface area contributed by atoms with Crippen molar-refractivity contribution in [2.24, 2.45) is 0 Å². The summed E-state index contributed by atoms with van der Waals surface area (Å²) in [6, 6.07) is 23.0. The first-order chi connectivity index (χ1) is 25.9. The molecule has 0 unspecified atom stereocenters. The Balaban J connectivity index is 0.767. The number of nitrogens with zero attached hydrogens (tertiary/aromatic N) is 7. The van der Waals surface area contributed by atoms with E-state index in [1.165, 1.54) is 5.56 Å². The van der Waals surface area contributed by atoms with Crippen LogP contribution in [0.3, 0.4) is 0 Å². The minimum atomic E-state index is -0.347. The van der Waals surface area contributed by atoms with Gasteiger partial charge in [-0.05, 0) is 60.0 Å². The Labute approximate surface area is 308 Å². The second-order valence-corrected chi connectivity index (χ2v) is 14.2. The van der Waals surface area contributed by atoms with Crippen molar-refractivity contribution in [1.82, 2.24) is 30.1 Å². The van der Waals surface area contributed by atoms with Crippen molar-refractivity contribution < 1.29 is 14.3 Å². The van der Waals surface area contributed by atoms with Crippen LogP contribution in [0.1, 0.15) is 17.5 Å². The molecule has 5 aromatic rings. The number of piperazine rings is 1. The van der Waals surface area contributed by atoms with Gasteiger partial charge in [0.25, 0.3) is 0 Å². The molecule has 2 aromatic heterocycles. The number of urea groups is 1. The number of hydrogen-bond donors (Lipinski definition) is 3. The van der Waals surface area contributed by atoms with Gasteiger partial charge in [0.05, 0.1) is 5.52 Å². The van der Waals surface area contributed by atoms with Crippen LogP contribution in [-0.2, 0) is 11.3 Å². The van der Waals surface area contributed by atoms with E-state index in [4.69, 9.17) is 9.72 Å². The fourth-order valence-electron chi connectivity index (χ4n) is 7.70. The quantitative estimate of drug-likeness (QED) is 0.201. The number of pyridine rings is 1. The highest BCUT2D eigenvalue weighted by atomic mass is 16.5. The van der Waals surface area contributed by atoms with Crippen molar-refractivity contribution in [3.8, 4) is 17.0 Å². The zero-order valence-electron chi connectivity index (χ0n) is 29.7. The summed E-state index contributed by atoms with van der Waals surface area (Å²) in [5.41, 5.74) is 9.21. The van der Waals surface area contributed by atoms with E-state index in [1.807, 2.05) is 24.5 Å². The lowest BCUT2D eigenvalue weighted by molar-refractivity contribution is -0.120. The summed E-state index contributed by atoms with van der Waals surface area (Å²) in [5, 5.41) is 10.2. The number of fused-ring (bicyclic) bond motifs is 2. The van der Waals surface area contributed by atoms with E-state index >= 15 is 0 Å². The molecule has 3 N–H and O–H groups in total. The smallest absolute Gasteiger partial charge is 0.328 e. The number of aromatic nitrogens is 3. The molecule has 0 aliphatic carbocycles. The Morgan fingerprint density at radius 1 is 0.906 bits per heavy atom. The summed E-state index contributed by atoms with van der Waals surface area (Å²) in [7, 11) is 0. The number of hydrogen-bond acceptors (Lipinski definition) is 11. The molecule has 0 spiro atoms. The Morgan fingerprint density at radius 2 is 1.74 bits per heavy atom. The Morgan fingerprint density at radius 3 is 2.57 bits per heavy atom. The van der Waals surface area contributed by atoms with E-state index in [1.54, 1.807) is 4.90 Å². The topological polar surface area (TPSA) is 131 Å². The molecule has 3 aromatic carbocycles. The standard InChI is InChI=1S/C40H42N10O3/c1-26-34(22-42-38-37(26)41-12-18-53-38)28-7-8-29-21-43-39(45-35(29)19-28)44-30-9-5-27(6-10-30)23-47-14-16-48(17-15-47)33-24-49(25-33)31-3-2-4-32(20-31)50-13-11-36(51)46-40(50)52/h2-10,19-22,33,41H,11-18,23-25H2,1H3,(H,43,44,45)(H,46,51,52). The third kappa shape index (κ3) is 6.80. The molecule has 0 bridgehead atoms. The average Bonchev–Trinajstić information content (AvgIpc) is 3.16. The maximum absolute atomic E-state index is 12.3. The van der Waals surface area contributed by atoms with Crippen molar-refractivity contribution in [1.29, 1.82) is 0 Å². The zero-order valence-corrected chi connectivity index (χ0v) is 29.7. The minimum Gasteiger partial charge on any atom is -0.474 e. The number of nitrogens with one attached hydrogen (secondary N) is 3. The molecule has 270 valence electrons. The maximum Gasteiger partial charge on any atom is 0.328 e. The number of rotatable bonds is 8. The molecular weight excluding hydrogens is 669 g/mol. The zero-order chi connectivity index (χ0) is 35.9. The summed E-state index contributed by atoms with van der Waals surface area (Å²) >= 11 is 0. The van der Waals surface area contributed by atoms with Gasteiger partial charge in [0.1, 0.15) is 12.3 Å². The van der Waals surface area contributed by atoms with Gasteiger partial charge in [0.15, 0.2) is 0 Å². The predicted octanol–water partition coefficient (Wildman–Crippen LogP) is 5.00. The Kier molecular flexibility index (Phi) is 8.72. The number of amides is 3. The molecule has 9 rings (SSSR count). The monoisotopic (exact) mass is 710 g/mol. The van der Waals surface area contributed by atoms with Crippen LogP contribution in [-0.4, -0.2) is 102 Å². The van der Waals surface area contributed by atoms with Crippen LogP contribution >= 0.6 is 0 Å². The molecule has 0 radical (unpaired) electrons. The van der Waals surface area contributed by atoms with Gasteiger partial charge in [-0.1, -0.05) is 30.3 Å². The molecule has 53 heavy (non-hydrogen) atoms. The van der Waals surface area contributed by atoms with Gasteiger partial charge >= 0.3 is 6.03 Å². The molecule has 13 heteroatoms. The van der Waals surface area contributed by atoms with E-state index in [2.05, 4.69) is 102 Å². The van der Waals surface area contributed by atoms with Crippen LogP contribution < -0.4 is 30.5 Å². The van der Waals surface area contributed by atoms with Gasteiger partial charge in [-0.15, -0.1) is 0 Å². The van der Waals surface area contributed by atoms with Crippen molar-refractivity contribution in [3.05, 3.63) is 90.3 Å². The normalized spacial score (nSPS) is 18.2. The lowest BCUT2D eigenvalue weighted by Gasteiger charge is -2.49. The molecule has 3 fully saturated rings. The van der Waals surface area contributed by atoms with E-state index in [0.29, 0.717) is 37.4 Å². The first-order valence-electron chi connectivity index (χ1n) is 18.4. The first kappa shape index (κ1) is 33.1. The van der Waals surface area contributed by atoms with Crippen molar-refractivity contribution in [2.45, 2.75) is 25.9 Å². The highest BCUT2D eigenvalue weighted by molar-refractivity contribution is 6.05. The number of carbonyl (C=O) groups excluding carboxylic acids is 2. The van der Waals surface area contributed by atoms with Gasteiger partial charge < -0.3 is 20.3 Å². The number of benzene rings is 3. The lowest BCUT2D eigenvalue weighted by atomic mass is 10.00. The molecule has 3 amide bonds. The SMILES string of the molecule is Cc1c(-c2ccc3cnc(Nc4ccc(CN5CCN(C6CN(c7cccc(N8CCC(=O)NC8=O)c7)C6)CC5)cc4)nc3c2)cnc2c1NCCO2. The number of carbonyl (C=O) groups is 2. The van der Waals surface area contributed by atoms with Crippen molar-refractivity contribution in [3.63, 3.8) is 0 Å². The molecule has 4 aliphatic rings. The largest absolute Gasteiger partial charge is 0.474 e. The molecule has 13 nitrogen and oxygen atoms in total. The van der Waals surface area contributed by atoms with Gasteiger partial charge in [-0.25, -0.2) is 19.7 Å². The average molecular weight is 711 g/mol. The fraction of sp³-hybridized carbons (Fsp3) is 0.325. The molecule has 6 heterocycles. The molecule has 0 saturated carbocycles. The summed E-state index contributed by atoms with van der Waals surface area (Å²) < 4.78 is 5.71. The van der Waals surface area contributed by atoms with Crippen LogP contribution in [0.25, 0.3) is 22.0 Å². The highest BCUT2D eigenvalue weighted by Crippen LogP contribution is 2.36. The van der Waals surface area contributed by atoms with Gasteiger partial charge in [-0.2, -0.15) is 0 Å². The third-order valence-corrected chi connectivity index (χ3v) is 10.8. The summed E-state index contributed by atoms with van der Waals surface area (Å²) in [6.07, 6.45) is 4.06. The summed E-state index contributed by atoms with van der Waals surface area (Å²) in [4.78, 5) is 47.0. The molecule has 4 aliphatic heterocycles. The van der Waals surface area contributed by atoms with Crippen LogP contribution in [0.15, 0.2) is 79.1 Å². The highest BCUT2D eigenvalue weighted by Gasteiger charge is 2.34. The Bertz CT molecular complexity index is 2180. The van der Waals surface area contributed by atoms with E-state index < -0.39 is 0 Å². The van der Waals surface area contributed by atoms with Crippen LogP contribution in [0.2, 0.25) is 0 Å². The second kappa shape index (κ2) is 14.0. The molecule has 0 atom stereocenters. The Hall–Kier alpha value is -5.79. The number of imide groups is 1. The van der Waals surface area contributed by atoms with Gasteiger partial charge in [0, 0.05) is 112 Å². The summed E-state index contributed by atoms with van der Waals surface area (Å²) in [6.45, 7) is 10.9. The van der Waals surface area contributed by atoms with Crippen LogP contribution in [0.5, 0.6) is 5.88 Å². The van der Waals surface area contributed by atoms with Crippen LogP contribution in [0, 0.1) is 6.92 Å². The number of ether oxygens (including phenoxy) is 1. The maximum atomic E-state index is 12.3. The van der Waals surface area contributed by atoms with Crippen molar-refractivity contribution >= 4 is 51.5 Å². The lowest BCUT2D eigenvalue weighted by Crippen LogP contribution is -2.63. The second-order valence-electron chi connectivity index (χ2n) is 14.2. The van der Waals surface area contributed by atoms with E-state index in [0.717, 1.165) is 103 Å². The fourth-order valence-corrected chi connectivity index (χ4v) is 7.70. The number of anilines is 5. The first-order valence-corrected chi connectivity index (χ1v) is 18.4. The van der Waals surface area contributed by atoms with E-state index in [9.17, 15) is 9.59 Å². The predicted molar refractivity (Wildman–Crippen MR) is 206 cm³/mol. The molecule has 3 saturated heterocycles. The van der Waals surface area contributed by atoms with Crippen LogP contribution in [0.4, 0.5) is 33.5 Å².